The summed E-state index contributed by atoms with van der Waals surface area (Å²) in [5.41, 5.74) is -0.226. The molecule has 0 radical (unpaired) electrons. The van der Waals surface area contributed by atoms with Gasteiger partial charge in [0.1, 0.15) is 11.5 Å². The highest BCUT2D eigenvalue weighted by Gasteiger charge is 2.22. The summed E-state index contributed by atoms with van der Waals surface area (Å²) >= 11 is 0. The molecule has 84 valence electrons. The average molecular weight is 217 g/mol. The number of hydrogen-bond acceptors (Lipinski definition) is 3. The second kappa shape index (κ2) is 4.51. The zero-order valence-corrected chi connectivity index (χ0v) is 8.93. The van der Waals surface area contributed by atoms with Gasteiger partial charge in [-0.15, -0.1) is 0 Å². The molecular formula is C13H15NO2. The molecule has 0 aromatic heterocycles. The number of allylic oxidation sites excluding steroid dienone is 2. The van der Waals surface area contributed by atoms with Crippen LogP contribution in [0.3, 0.4) is 0 Å². The lowest BCUT2D eigenvalue weighted by molar-refractivity contribution is 0.0540. The van der Waals surface area contributed by atoms with Crippen LogP contribution in [0.4, 0.5) is 0 Å². The summed E-state index contributed by atoms with van der Waals surface area (Å²) in [6, 6.07) is 7.10. The molecule has 16 heavy (non-hydrogen) atoms. The van der Waals surface area contributed by atoms with Gasteiger partial charge in [0.05, 0.1) is 0 Å². The van der Waals surface area contributed by atoms with Crippen LogP contribution in [0.25, 0.3) is 0 Å². The van der Waals surface area contributed by atoms with E-state index >= 15 is 0 Å². The number of nitrogens with one attached hydrogen (secondary N) is 1. The molecule has 0 aliphatic heterocycles. The lowest BCUT2D eigenvalue weighted by Gasteiger charge is -2.26. The average Bonchev–Trinajstić information content (AvgIpc) is 2.29. The van der Waals surface area contributed by atoms with Gasteiger partial charge in [-0.3, -0.25) is 5.32 Å². The van der Waals surface area contributed by atoms with Crippen molar-refractivity contribution in [3.8, 4) is 5.75 Å². The number of benzene rings is 1. The van der Waals surface area contributed by atoms with Crippen molar-refractivity contribution in [2.45, 2.75) is 18.7 Å². The van der Waals surface area contributed by atoms with Gasteiger partial charge in [-0.25, -0.2) is 0 Å². The number of aromatic hydroxyl groups is 1. The number of phenols is 1. The van der Waals surface area contributed by atoms with Gasteiger partial charge in [-0.2, -0.15) is 0 Å². The van der Waals surface area contributed by atoms with Crippen molar-refractivity contribution < 1.29 is 10.2 Å². The SMILES string of the molecule is Oc1ccccc1CNC1(O)C=CC=CC1. The van der Waals surface area contributed by atoms with E-state index in [-0.39, 0.29) is 5.75 Å². The van der Waals surface area contributed by atoms with E-state index < -0.39 is 5.72 Å². The van der Waals surface area contributed by atoms with Gasteiger partial charge < -0.3 is 10.2 Å². The summed E-state index contributed by atoms with van der Waals surface area (Å²) in [7, 11) is 0. The number of para-hydroxylation sites is 1. The Kier molecular flexibility index (Phi) is 3.08. The van der Waals surface area contributed by atoms with Crippen LogP contribution < -0.4 is 5.32 Å². The lowest BCUT2D eigenvalue weighted by Crippen LogP contribution is -2.43. The first-order valence-corrected chi connectivity index (χ1v) is 5.28. The molecule has 1 aromatic carbocycles. The van der Waals surface area contributed by atoms with E-state index in [0.29, 0.717) is 13.0 Å². The minimum Gasteiger partial charge on any atom is -0.508 e. The Hall–Kier alpha value is -1.58. The van der Waals surface area contributed by atoms with Crippen LogP contribution in [0, 0.1) is 0 Å². The standard InChI is InChI=1S/C13H15NO2/c15-12-7-3-2-6-11(12)10-14-13(16)8-4-1-5-9-13/h1-8,14-16H,9-10H2. The van der Waals surface area contributed by atoms with E-state index in [1.165, 1.54) is 0 Å². The predicted molar refractivity (Wildman–Crippen MR) is 62.8 cm³/mol. The van der Waals surface area contributed by atoms with E-state index in [1.54, 1.807) is 24.3 Å². The molecule has 0 amide bonds. The monoisotopic (exact) mass is 217 g/mol. The van der Waals surface area contributed by atoms with E-state index in [0.717, 1.165) is 5.56 Å². The first-order chi connectivity index (χ1) is 7.70. The van der Waals surface area contributed by atoms with Gasteiger partial charge in [-0.05, 0) is 12.1 Å². The Morgan fingerprint density at radius 2 is 2.06 bits per heavy atom. The molecule has 0 fully saturated rings. The third kappa shape index (κ3) is 2.51. The second-order valence-corrected chi connectivity index (χ2v) is 3.90. The summed E-state index contributed by atoms with van der Waals surface area (Å²) in [6.45, 7) is 0.432. The van der Waals surface area contributed by atoms with Crippen LogP contribution in [0.15, 0.2) is 48.6 Å². The number of hydrogen-bond donors (Lipinski definition) is 3. The van der Waals surface area contributed by atoms with Crippen molar-refractivity contribution in [3.63, 3.8) is 0 Å². The van der Waals surface area contributed by atoms with E-state index in [9.17, 15) is 10.2 Å². The molecule has 2 rings (SSSR count). The van der Waals surface area contributed by atoms with Crippen molar-refractivity contribution in [2.24, 2.45) is 0 Å². The summed E-state index contributed by atoms with van der Waals surface area (Å²) in [6.07, 6.45) is 7.86. The highest BCUT2D eigenvalue weighted by atomic mass is 16.3. The van der Waals surface area contributed by atoms with Crippen LogP contribution in [0.5, 0.6) is 5.75 Å². The molecule has 1 aliphatic rings. The third-order valence-electron chi connectivity index (χ3n) is 2.62. The molecule has 1 aliphatic carbocycles. The summed E-state index contributed by atoms with van der Waals surface area (Å²) in [4.78, 5) is 0. The van der Waals surface area contributed by atoms with Gasteiger partial charge in [0, 0.05) is 18.5 Å². The molecule has 3 nitrogen and oxygen atoms in total. The maximum atomic E-state index is 10.1. The highest BCUT2D eigenvalue weighted by molar-refractivity contribution is 5.32. The number of rotatable bonds is 3. The van der Waals surface area contributed by atoms with E-state index in [2.05, 4.69) is 5.32 Å². The second-order valence-electron chi connectivity index (χ2n) is 3.90. The van der Waals surface area contributed by atoms with Crippen LogP contribution in [-0.4, -0.2) is 15.9 Å². The van der Waals surface area contributed by atoms with Crippen LogP contribution in [0.1, 0.15) is 12.0 Å². The Bertz CT molecular complexity index is 426. The molecule has 1 unspecified atom stereocenters. The van der Waals surface area contributed by atoms with Crippen LogP contribution in [-0.2, 0) is 6.54 Å². The molecule has 0 saturated heterocycles. The molecule has 1 atom stereocenters. The Morgan fingerprint density at radius 3 is 2.75 bits per heavy atom. The highest BCUT2D eigenvalue weighted by Crippen LogP contribution is 2.19. The zero-order chi connectivity index (χ0) is 11.4. The van der Waals surface area contributed by atoms with Crippen LogP contribution >= 0.6 is 0 Å². The Morgan fingerprint density at radius 1 is 1.25 bits per heavy atom. The normalized spacial score (nSPS) is 23.6. The Labute approximate surface area is 94.7 Å². The fourth-order valence-electron chi connectivity index (χ4n) is 1.65. The first-order valence-electron chi connectivity index (χ1n) is 5.28. The van der Waals surface area contributed by atoms with Crippen molar-refractivity contribution in [1.82, 2.24) is 5.32 Å². The topological polar surface area (TPSA) is 52.5 Å². The maximum Gasteiger partial charge on any atom is 0.139 e. The van der Waals surface area contributed by atoms with E-state index in [1.807, 2.05) is 24.3 Å². The molecule has 3 N–H and O–H groups in total. The minimum absolute atomic E-state index is 0.244. The van der Waals surface area contributed by atoms with Crippen molar-refractivity contribution in [3.05, 3.63) is 54.1 Å². The van der Waals surface area contributed by atoms with E-state index in [4.69, 9.17) is 0 Å². The first kappa shape index (κ1) is 10.9. The molecule has 0 bridgehead atoms. The lowest BCUT2D eigenvalue weighted by atomic mass is 10.0. The largest absolute Gasteiger partial charge is 0.508 e. The molecule has 0 heterocycles. The van der Waals surface area contributed by atoms with Gasteiger partial charge in [0.2, 0.25) is 0 Å². The fraction of sp³-hybridized carbons (Fsp3) is 0.231. The predicted octanol–water partition coefficient (Wildman–Crippen LogP) is 1.69. The van der Waals surface area contributed by atoms with Gasteiger partial charge >= 0.3 is 0 Å². The zero-order valence-electron chi connectivity index (χ0n) is 8.93. The number of phenolic OH excluding ortho intramolecular Hbond substituents is 1. The smallest absolute Gasteiger partial charge is 0.139 e. The Balaban J connectivity index is 2.00. The van der Waals surface area contributed by atoms with Crippen molar-refractivity contribution in [2.75, 3.05) is 0 Å². The molecular weight excluding hydrogens is 202 g/mol. The van der Waals surface area contributed by atoms with Gasteiger partial charge in [-0.1, -0.05) is 36.4 Å². The summed E-state index contributed by atoms with van der Waals surface area (Å²) in [5, 5.41) is 22.7. The van der Waals surface area contributed by atoms with Crippen LogP contribution in [0.2, 0.25) is 0 Å². The third-order valence-corrected chi connectivity index (χ3v) is 2.62. The minimum atomic E-state index is -1.00. The van der Waals surface area contributed by atoms with Crippen molar-refractivity contribution in [1.29, 1.82) is 0 Å². The number of aliphatic hydroxyl groups is 1. The van der Waals surface area contributed by atoms with Gasteiger partial charge in [0.25, 0.3) is 0 Å². The molecule has 0 spiro atoms. The molecule has 3 heteroatoms. The quantitative estimate of drug-likeness (QED) is 0.675. The molecule has 1 aromatic rings. The molecule has 0 saturated carbocycles. The summed E-state index contributed by atoms with van der Waals surface area (Å²) < 4.78 is 0. The fourth-order valence-corrected chi connectivity index (χ4v) is 1.65. The van der Waals surface area contributed by atoms with Gasteiger partial charge in [0.15, 0.2) is 0 Å². The summed E-state index contributed by atoms with van der Waals surface area (Å²) in [5.74, 6) is 0.244. The maximum absolute atomic E-state index is 10.1. The van der Waals surface area contributed by atoms with Crippen molar-refractivity contribution >= 4 is 0 Å².